The fraction of sp³-hybridized carbons (Fsp3) is 0.167. The van der Waals surface area contributed by atoms with Crippen LogP contribution in [0.4, 0.5) is 0 Å². The van der Waals surface area contributed by atoms with E-state index in [1.807, 2.05) is 61.5 Å². The molecule has 0 N–H and O–H groups in total. The minimum absolute atomic E-state index is 0.0964. The Hall–Kier alpha value is -3.31. The topological polar surface area (TPSA) is 53.4 Å². The molecule has 0 aliphatic carbocycles. The van der Waals surface area contributed by atoms with Gasteiger partial charge in [-0.1, -0.05) is 23.7 Å². The van der Waals surface area contributed by atoms with Gasteiger partial charge in [0.25, 0.3) is 5.56 Å². The summed E-state index contributed by atoms with van der Waals surface area (Å²) in [5, 5.41) is 1.21. The summed E-state index contributed by atoms with van der Waals surface area (Å²) in [6.45, 7) is 3.25. The second kappa shape index (κ2) is 9.01. The minimum Gasteiger partial charge on any atom is -0.494 e. The molecule has 0 aliphatic heterocycles. The predicted molar refractivity (Wildman–Crippen MR) is 120 cm³/mol. The van der Waals surface area contributed by atoms with Crippen LogP contribution in [0.2, 0.25) is 5.02 Å². The molecule has 0 spiro atoms. The van der Waals surface area contributed by atoms with Crippen LogP contribution >= 0.6 is 11.6 Å². The van der Waals surface area contributed by atoms with E-state index in [9.17, 15) is 4.79 Å². The monoisotopic (exact) mass is 420 g/mol. The van der Waals surface area contributed by atoms with Crippen molar-refractivity contribution in [3.63, 3.8) is 0 Å². The Labute approximate surface area is 179 Å². The van der Waals surface area contributed by atoms with Gasteiger partial charge >= 0.3 is 0 Å². The molecule has 1 heterocycles. The second-order valence-electron chi connectivity index (χ2n) is 6.67. The van der Waals surface area contributed by atoms with Gasteiger partial charge in [-0.2, -0.15) is 0 Å². The maximum atomic E-state index is 13.2. The average Bonchev–Trinajstić information content (AvgIpc) is 2.77. The minimum atomic E-state index is -0.0964. The summed E-state index contributed by atoms with van der Waals surface area (Å²) in [6.07, 6.45) is 0. The molecule has 5 nitrogen and oxygen atoms in total. The molecule has 0 unspecified atom stereocenters. The number of nitrogens with zero attached hydrogens (tertiary/aromatic N) is 2. The first-order valence-corrected chi connectivity index (χ1v) is 10.1. The van der Waals surface area contributed by atoms with E-state index in [2.05, 4.69) is 0 Å². The molecule has 30 heavy (non-hydrogen) atoms. The summed E-state index contributed by atoms with van der Waals surface area (Å²) in [7, 11) is 0. The first-order valence-electron chi connectivity index (χ1n) is 9.77. The fourth-order valence-electron chi connectivity index (χ4n) is 3.25. The Kier molecular flexibility index (Phi) is 6.00. The summed E-state index contributed by atoms with van der Waals surface area (Å²) in [6, 6.07) is 22.1. The molecule has 0 aliphatic rings. The lowest BCUT2D eigenvalue weighted by Gasteiger charge is -2.14. The van der Waals surface area contributed by atoms with Crippen molar-refractivity contribution in [2.45, 2.75) is 13.5 Å². The van der Waals surface area contributed by atoms with E-state index in [0.29, 0.717) is 47.3 Å². The van der Waals surface area contributed by atoms with Crippen molar-refractivity contribution in [3.8, 4) is 22.9 Å². The Morgan fingerprint density at radius 1 is 0.900 bits per heavy atom. The lowest BCUT2D eigenvalue weighted by atomic mass is 10.2. The summed E-state index contributed by atoms with van der Waals surface area (Å²) in [5.74, 6) is 2.10. The van der Waals surface area contributed by atoms with Crippen LogP contribution in [0.15, 0.2) is 77.6 Å². The van der Waals surface area contributed by atoms with Crippen molar-refractivity contribution in [1.29, 1.82) is 0 Å². The van der Waals surface area contributed by atoms with Crippen molar-refractivity contribution in [2.24, 2.45) is 0 Å². The number of fused-ring (bicyclic) bond motifs is 1. The van der Waals surface area contributed by atoms with Crippen molar-refractivity contribution in [1.82, 2.24) is 9.55 Å². The van der Waals surface area contributed by atoms with E-state index in [1.54, 1.807) is 22.8 Å². The maximum Gasteiger partial charge on any atom is 0.261 e. The number of aromatic nitrogens is 2. The highest BCUT2D eigenvalue weighted by molar-refractivity contribution is 6.30. The van der Waals surface area contributed by atoms with Crippen molar-refractivity contribution < 1.29 is 9.47 Å². The predicted octanol–water partition coefficient (Wildman–Crippen LogP) is 5.19. The zero-order chi connectivity index (χ0) is 20.9. The molecule has 0 fully saturated rings. The first kappa shape index (κ1) is 20.0. The lowest BCUT2D eigenvalue weighted by Crippen LogP contribution is -2.26. The summed E-state index contributed by atoms with van der Waals surface area (Å²) in [5.41, 5.74) is 1.39. The molecule has 1 aromatic heterocycles. The van der Waals surface area contributed by atoms with Crippen LogP contribution in [0, 0.1) is 0 Å². The highest BCUT2D eigenvalue weighted by Gasteiger charge is 2.13. The molecule has 4 aromatic rings. The van der Waals surface area contributed by atoms with Gasteiger partial charge in [-0.3, -0.25) is 9.36 Å². The highest BCUT2D eigenvalue weighted by Crippen LogP contribution is 2.22. The Balaban J connectivity index is 1.63. The molecule has 152 valence electrons. The lowest BCUT2D eigenvalue weighted by molar-refractivity contribution is 0.295. The SMILES string of the molecule is CCOc1ccc(OCCn2c(-c3ccc(Cl)cc3)nc3ccccc3c2=O)cc1. The van der Waals surface area contributed by atoms with Gasteiger partial charge in [0.05, 0.1) is 24.1 Å². The van der Waals surface area contributed by atoms with Gasteiger partial charge in [-0.15, -0.1) is 0 Å². The van der Waals surface area contributed by atoms with E-state index >= 15 is 0 Å². The number of halogens is 1. The molecule has 0 bridgehead atoms. The van der Waals surface area contributed by atoms with Gasteiger partial charge in [0.1, 0.15) is 23.9 Å². The number of ether oxygens (including phenoxy) is 2. The maximum absolute atomic E-state index is 13.2. The third-order valence-corrected chi connectivity index (χ3v) is 4.93. The molecule has 4 rings (SSSR count). The third kappa shape index (κ3) is 4.31. The normalized spacial score (nSPS) is 10.9. The molecule has 0 saturated heterocycles. The smallest absolute Gasteiger partial charge is 0.261 e. The molecule has 3 aromatic carbocycles. The second-order valence-corrected chi connectivity index (χ2v) is 7.11. The van der Waals surface area contributed by atoms with Crippen LogP contribution in [0.5, 0.6) is 11.5 Å². The molecular formula is C24H21ClN2O3. The van der Waals surface area contributed by atoms with Crippen LogP contribution < -0.4 is 15.0 Å². The van der Waals surface area contributed by atoms with Crippen LogP contribution in [-0.4, -0.2) is 22.8 Å². The molecular weight excluding hydrogens is 400 g/mol. The summed E-state index contributed by atoms with van der Waals surface area (Å²) in [4.78, 5) is 17.9. The third-order valence-electron chi connectivity index (χ3n) is 4.68. The molecule has 0 atom stereocenters. The number of hydrogen-bond acceptors (Lipinski definition) is 4. The number of rotatable bonds is 7. The quantitative estimate of drug-likeness (QED) is 0.412. The zero-order valence-electron chi connectivity index (χ0n) is 16.5. The van der Waals surface area contributed by atoms with Gasteiger partial charge in [-0.05, 0) is 67.6 Å². The number of para-hydroxylation sites is 1. The van der Waals surface area contributed by atoms with Gasteiger partial charge in [0.2, 0.25) is 0 Å². The Morgan fingerprint density at radius 2 is 1.57 bits per heavy atom. The zero-order valence-corrected chi connectivity index (χ0v) is 17.3. The van der Waals surface area contributed by atoms with Crippen LogP contribution in [-0.2, 0) is 6.54 Å². The fourth-order valence-corrected chi connectivity index (χ4v) is 3.37. The highest BCUT2D eigenvalue weighted by atomic mass is 35.5. The Morgan fingerprint density at radius 3 is 2.27 bits per heavy atom. The average molecular weight is 421 g/mol. The molecule has 0 saturated carbocycles. The van der Waals surface area contributed by atoms with Crippen LogP contribution in [0.1, 0.15) is 6.92 Å². The van der Waals surface area contributed by atoms with Crippen molar-refractivity contribution in [3.05, 3.63) is 88.2 Å². The van der Waals surface area contributed by atoms with E-state index < -0.39 is 0 Å². The molecule has 0 radical (unpaired) electrons. The van der Waals surface area contributed by atoms with E-state index in [1.165, 1.54) is 0 Å². The number of hydrogen-bond donors (Lipinski definition) is 0. The van der Waals surface area contributed by atoms with Gasteiger partial charge in [0, 0.05) is 10.6 Å². The van der Waals surface area contributed by atoms with E-state index in [-0.39, 0.29) is 5.56 Å². The van der Waals surface area contributed by atoms with Crippen LogP contribution in [0.25, 0.3) is 22.3 Å². The largest absolute Gasteiger partial charge is 0.494 e. The van der Waals surface area contributed by atoms with Crippen molar-refractivity contribution in [2.75, 3.05) is 13.2 Å². The molecule has 0 amide bonds. The Bertz CT molecular complexity index is 1200. The van der Waals surface area contributed by atoms with Gasteiger partial charge < -0.3 is 9.47 Å². The van der Waals surface area contributed by atoms with Gasteiger partial charge in [0.15, 0.2) is 0 Å². The summed E-state index contributed by atoms with van der Waals surface area (Å²) < 4.78 is 13.0. The first-order chi connectivity index (χ1) is 14.7. The van der Waals surface area contributed by atoms with E-state index in [4.69, 9.17) is 26.1 Å². The van der Waals surface area contributed by atoms with E-state index in [0.717, 1.165) is 11.3 Å². The van der Waals surface area contributed by atoms with Gasteiger partial charge in [-0.25, -0.2) is 4.98 Å². The molecule has 6 heteroatoms. The van der Waals surface area contributed by atoms with Crippen molar-refractivity contribution >= 4 is 22.5 Å². The summed E-state index contributed by atoms with van der Waals surface area (Å²) >= 11 is 6.03. The standard InChI is InChI=1S/C24H21ClN2O3/c1-2-29-19-11-13-20(14-12-19)30-16-15-27-23(17-7-9-18(25)10-8-17)26-22-6-4-3-5-21(22)24(27)28/h3-14H,2,15-16H2,1H3. The van der Waals surface area contributed by atoms with Crippen LogP contribution in [0.3, 0.4) is 0 Å². The number of benzene rings is 3.